The molecule has 0 unspecified atom stereocenters. The van der Waals surface area contributed by atoms with E-state index in [4.69, 9.17) is 15.0 Å². The van der Waals surface area contributed by atoms with Crippen LogP contribution in [0.1, 0.15) is 0 Å². The zero-order chi connectivity index (χ0) is 58.4. The summed E-state index contributed by atoms with van der Waals surface area (Å²) in [6.45, 7) is 0. The number of rotatable bonds is 13. The Balaban J connectivity index is 1.01. The Hall–Kier alpha value is -11.1. The van der Waals surface area contributed by atoms with Gasteiger partial charge in [0.25, 0.3) is 0 Å². The highest BCUT2D eigenvalue weighted by atomic mass is 28.3. The second-order valence-electron chi connectivity index (χ2n) is 22.6. The van der Waals surface area contributed by atoms with Gasteiger partial charge in [-0.15, -0.1) is 0 Å². The van der Waals surface area contributed by atoms with Gasteiger partial charge < -0.3 is 9.13 Å². The van der Waals surface area contributed by atoms with Gasteiger partial charge in [-0.1, -0.05) is 303 Å². The maximum atomic E-state index is 5.82. The summed E-state index contributed by atoms with van der Waals surface area (Å²) in [5.74, 6) is 1.74. The molecular weight excluding hydrogens is 1100 g/mol. The molecule has 414 valence electrons. The summed E-state index contributed by atoms with van der Waals surface area (Å²) in [6.07, 6.45) is 0. The van der Waals surface area contributed by atoms with E-state index in [2.05, 4.69) is 355 Å². The van der Waals surface area contributed by atoms with Crippen molar-refractivity contribution < 1.29 is 0 Å². The van der Waals surface area contributed by atoms with Gasteiger partial charge in [-0.2, -0.15) is 0 Å². The number of nitrogens with zero attached hydrogens (tertiary/aromatic N) is 5. The molecular formula is C81H57N5Si2. The summed E-state index contributed by atoms with van der Waals surface area (Å²) in [5.41, 5.74) is 9.12. The van der Waals surface area contributed by atoms with E-state index in [0.717, 1.165) is 60.9 Å². The SMILES string of the molecule is c1ccc(-n2c3ccccc3c3cc(-c4nc(-c5cccc([Si](c6ccccc6)(c6ccccc6)c6ccccc6)c5)nc(-c5cccc([Si](c6ccccc6)(c6ccccc6)c6ccccc6)c5)n4)c(-n4c5ccccc5c5ccccc54)cc32)cc1. The molecule has 13 aromatic carbocycles. The molecule has 0 aliphatic carbocycles. The summed E-state index contributed by atoms with van der Waals surface area (Å²) < 4.78 is 4.83. The zero-order valence-corrected chi connectivity index (χ0v) is 50.1. The maximum absolute atomic E-state index is 5.82. The van der Waals surface area contributed by atoms with Gasteiger partial charge in [-0.05, 0) is 84.0 Å². The fraction of sp³-hybridized carbons (Fsp3) is 0. The van der Waals surface area contributed by atoms with Gasteiger partial charge in [-0.3, -0.25) is 0 Å². The lowest BCUT2D eigenvalue weighted by molar-refractivity contribution is 1.07. The predicted molar refractivity (Wildman–Crippen MR) is 372 cm³/mol. The Bertz CT molecular complexity index is 4760. The van der Waals surface area contributed by atoms with E-state index in [1.165, 1.54) is 52.3 Å². The zero-order valence-electron chi connectivity index (χ0n) is 48.1. The Morgan fingerprint density at radius 2 is 0.523 bits per heavy atom. The molecule has 16 aromatic rings. The van der Waals surface area contributed by atoms with E-state index in [1.54, 1.807) is 0 Å². The van der Waals surface area contributed by atoms with Crippen LogP contribution in [0, 0.1) is 0 Å². The first kappa shape index (κ1) is 52.5. The van der Waals surface area contributed by atoms with Crippen LogP contribution in [0.2, 0.25) is 0 Å². The molecule has 0 bridgehead atoms. The fourth-order valence-corrected chi connectivity index (χ4v) is 23.7. The van der Waals surface area contributed by atoms with Crippen LogP contribution in [0.15, 0.2) is 346 Å². The summed E-state index contributed by atoms with van der Waals surface area (Å²) >= 11 is 0. The van der Waals surface area contributed by atoms with Crippen molar-refractivity contribution in [2.75, 3.05) is 0 Å². The van der Waals surface area contributed by atoms with Gasteiger partial charge in [0.2, 0.25) is 0 Å². The largest absolute Gasteiger partial charge is 0.309 e. The summed E-state index contributed by atoms with van der Waals surface area (Å²) in [4.78, 5) is 17.4. The molecule has 0 fully saturated rings. The Morgan fingerprint density at radius 1 is 0.216 bits per heavy atom. The van der Waals surface area contributed by atoms with Crippen LogP contribution in [-0.4, -0.2) is 40.2 Å². The maximum Gasteiger partial charge on any atom is 0.179 e. The second kappa shape index (κ2) is 22.1. The Labute approximate surface area is 513 Å². The topological polar surface area (TPSA) is 48.5 Å². The number of para-hydroxylation sites is 4. The molecule has 0 radical (unpaired) electrons. The van der Waals surface area contributed by atoms with Crippen molar-refractivity contribution in [2.24, 2.45) is 0 Å². The van der Waals surface area contributed by atoms with E-state index < -0.39 is 16.1 Å². The highest BCUT2D eigenvalue weighted by Gasteiger charge is 2.43. The number of hydrogen-bond acceptors (Lipinski definition) is 3. The van der Waals surface area contributed by atoms with Gasteiger partial charge >= 0.3 is 0 Å². The quantitative estimate of drug-likeness (QED) is 0.0854. The van der Waals surface area contributed by atoms with E-state index >= 15 is 0 Å². The van der Waals surface area contributed by atoms with Crippen molar-refractivity contribution in [3.63, 3.8) is 0 Å². The van der Waals surface area contributed by atoms with E-state index in [-0.39, 0.29) is 0 Å². The monoisotopic (exact) mass is 1160 g/mol. The molecule has 16 rings (SSSR count). The lowest BCUT2D eigenvalue weighted by Crippen LogP contribution is -2.74. The normalized spacial score (nSPS) is 11.9. The van der Waals surface area contributed by atoms with Gasteiger partial charge in [0.15, 0.2) is 33.6 Å². The van der Waals surface area contributed by atoms with Crippen molar-refractivity contribution in [1.82, 2.24) is 24.1 Å². The molecule has 0 amide bonds. The third kappa shape index (κ3) is 8.62. The number of benzene rings is 13. The first-order chi connectivity index (χ1) is 43.7. The second-order valence-corrected chi connectivity index (χ2v) is 30.2. The molecule has 0 saturated carbocycles. The average Bonchev–Trinajstić information content (AvgIpc) is 1.42. The molecule has 7 heteroatoms. The van der Waals surface area contributed by atoms with E-state index in [9.17, 15) is 0 Å². The number of aromatic nitrogens is 5. The van der Waals surface area contributed by atoms with Crippen molar-refractivity contribution in [3.8, 4) is 45.5 Å². The third-order valence-electron chi connectivity index (χ3n) is 17.9. The van der Waals surface area contributed by atoms with Gasteiger partial charge in [0.1, 0.15) is 0 Å². The fourth-order valence-electron chi connectivity index (χ4n) is 14.1. The van der Waals surface area contributed by atoms with Gasteiger partial charge in [0.05, 0.1) is 27.8 Å². The first-order valence-corrected chi connectivity index (χ1v) is 34.1. The van der Waals surface area contributed by atoms with Crippen molar-refractivity contribution in [3.05, 3.63) is 346 Å². The molecule has 0 N–H and O–H groups in total. The molecule has 3 aromatic heterocycles. The third-order valence-corrected chi connectivity index (χ3v) is 27.4. The van der Waals surface area contributed by atoms with Gasteiger partial charge in [0, 0.05) is 43.9 Å². The highest BCUT2D eigenvalue weighted by Crippen LogP contribution is 2.42. The molecule has 88 heavy (non-hydrogen) atoms. The van der Waals surface area contributed by atoms with Gasteiger partial charge in [-0.25, -0.2) is 15.0 Å². The smallest absolute Gasteiger partial charge is 0.179 e. The minimum absolute atomic E-state index is 0.571. The molecule has 0 aliphatic rings. The van der Waals surface area contributed by atoms with Crippen molar-refractivity contribution in [1.29, 1.82) is 0 Å². The molecule has 0 saturated heterocycles. The molecule has 5 nitrogen and oxygen atoms in total. The standard InChI is InChI=1S/C81H57N5Si2/c1-8-32-60(33-9-1)85-74-51-25-24-50-71(74)72-56-73(78(57-77(72)85)86-75-52-26-22-48-69(75)70-49-23-27-53-76(70)86)81-83-79(58-30-28-46-67(54-58)87(61-34-10-2-11-35-61,62-36-12-3-13-37-62)63-38-14-4-15-39-63)82-80(84-81)59-31-29-47-68(55-59)88(64-40-16-5-17-41-64,65-42-18-6-19-43-65)66-44-20-7-21-45-66/h1-57H. The molecule has 0 spiro atoms. The minimum atomic E-state index is -3.00. The predicted octanol–water partition coefficient (Wildman–Crippen LogP) is 13.8. The summed E-state index contributed by atoms with van der Waals surface area (Å²) in [7, 11) is -5.99. The molecule has 0 aliphatic heterocycles. The van der Waals surface area contributed by atoms with Crippen LogP contribution in [0.25, 0.3) is 89.2 Å². The lowest BCUT2D eigenvalue weighted by atomic mass is 10.1. The van der Waals surface area contributed by atoms with Crippen LogP contribution in [0.5, 0.6) is 0 Å². The number of hydrogen-bond donors (Lipinski definition) is 0. The van der Waals surface area contributed by atoms with Crippen molar-refractivity contribution >= 4 is 101 Å². The van der Waals surface area contributed by atoms with E-state index in [0.29, 0.717) is 17.5 Å². The minimum Gasteiger partial charge on any atom is -0.309 e. The lowest BCUT2D eigenvalue weighted by Gasteiger charge is -2.34. The molecule has 0 atom stereocenters. The Morgan fingerprint density at radius 3 is 0.909 bits per heavy atom. The van der Waals surface area contributed by atoms with Crippen LogP contribution >= 0.6 is 0 Å². The van der Waals surface area contributed by atoms with Crippen LogP contribution in [0.3, 0.4) is 0 Å². The van der Waals surface area contributed by atoms with Crippen LogP contribution < -0.4 is 41.5 Å². The van der Waals surface area contributed by atoms with Crippen LogP contribution in [-0.2, 0) is 0 Å². The van der Waals surface area contributed by atoms with E-state index in [1.807, 2.05) is 0 Å². The number of fused-ring (bicyclic) bond motifs is 6. The summed E-state index contributed by atoms with van der Waals surface area (Å²) in [6, 6.07) is 127. The first-order valence-electron chi connectivity index (χ1n) is 30.1. The summed E-state index contributed by atoms with van der Waals surface area (Å²) in [5, 5.41) is 14.8. The average molecular weight is 1160 g/mol. The molecule has 3 heterocycles. The Kier molecular flexibility index (Phi) is 13.2. The van der Waals surface area contributed by atoms with Crippen molar-refractivity contribution in [2.45, 2.75) is 0 Å². The van der Waals surface area contributed by atoms with Crippen LogP contribution in [0.4, 0.5) is 0 Å². The highest BCUT2D eigenvalue weighted by molar-refractivity contribution is 7.20.